The molecule has 6 heteroatoms. The minimum absolute atomic E-state index is 0.756. The van der Waals surface area contributed by atoms with E-state index in [9.17, 15) is 0 Å². The first kappa shape index (κ1) is 14.3. The van der Waals surface area contributed by atoms with Crippen molar-refractivity contribution >= 4 is 22.7 Å². The summed E-state index contributed by atoms with van der Waals surface area (Å²) in [5.74, 6) is 1.51. The highest BCUT2D eigenvalue weighted by Gasteiger charge is 2.17. The van der Waals surface area contributed by atoms with Crippen LogP contribution >= 0.6 is 0 Å². The zero-order valence-electron chi connectivity index (χ0n) is 13.4. The molecule has 0 aromatic carbocycles. The number of nitrogens with zero attached hydrogens (tertiary/aromatic N) is 5. The highest BCUT2D eigenvalue weighted by molar-refractivity contribution is 5.94. The standard InChI is InChI=1S/C18H16N6/c1-12-13(2)24(14-6-9-19-10-7-14)18-16(12)17(21-11-22-18)23-15-5-3-4-8-20-15/h3-11H,1-2H3,(H,20,21,22,23). The van der Waals surface area contributed by atoms with Crippen molar-refractivity contribution in [2.24, 2.45) is 0 Å². The number of nitrogens with one attached hydrogen (secondary N) is 1. The van der Waals surface area contributed by atoms with Crippen LogP contribution in [0.25, 0.3) is 16.7 Å². The molecular weight excluding hydrogens is 300 g/mol. The topological polar surface area (TPSA) is 68.5 Å². The Kier molecular flexibility index (Phi) is 3.42. The molecule has 0 saturated heterocycles. The van der Waals surface area contributed by atoms with Gasteiger partial charge in [-0.1, -0.05) is 6.07 Å². The van der Waals surface area contributed by atoms with Crippen molar-refractivity contribution in [3.8, 4) is 5.69 Å². The third-order valence-electron chi connectivity index (χ3n) is 4.12. The Bertz CT molecular complexity index is 992. The third-order valence-corrected chi connectivity index (χ3v) is 4.12. The van der Waals surface area contributed by atoms with Crippen LogP contribution in [-0.4, -0.2) is 24.5 Å². The van der Waals surface area contributed by atoms with E-state index in [-0.39, 0.29) is 0 Å². The quantitative estimate of drug-likeness (QED) is 0.626. The zero-order chi connectivity index (χ0) is 16.5. The number of hydrogen-bond donors (Lipinski definition) is 1. The molecule has 4 rings (SSSR count). The van der Waals surface area contributed by atoms with Gasteiger partial charge < -0.3 is 5.32 Å². The number of rotatable bonds is 3. The smallest absolute Gasteiger partial charge is 0.150 e. The summed E-state index contributed by atoms with van der Waals surface area (Å²) in [6.45, 7) is 4.17. The molecule has 0 atom stereocenters. The summed E-state index contributed by atoms with van der Waals surface area (Å²) < 4.78 is 2.12. The van der Waals surface area contributed by atoms with Gasteiger partial charge in [0, 0.05) is 24.3 Å². The minimum atomic E-state index is 0.756. The Morgan fingerprint density at radius 3 is 2.50 bits per heavy atom. The Balaban J connectivity index is 1.93. The molecule has 0 aliphatic rings. The Labute approximate surface area is 139 Å². The average Bonchev–Trinajstić information content (AvgIpc) is 2.88. The maximum atomic E-state index is 4.51. The van der Waals surface area contributed by atoms with Crippen molar-refractivity contribution < 1.29 is 0 Å². The molecular formula is C18H16N6. The zero-order valence-corrected chi connectivity index (χ0v) is 13.4. The van der Waals surface area contributed by atoms with Gasteiger partial charge in [0.2, 0.25) is 0 Å². The van der Waals surface area contributed by atoms with Gasteiger partial charge >= 0.3 is 0 Å². The molecule has 4 aromatic rings. The van der Waals surface area contributed by atoms with Crippen LogP contribution in [-0.2, 0) is 0 Å². The first-order chi connectivity index (χ1) is 11.8. The summed E-state index contributed by atoms with van der Waals surface area (Å²) in [5.41, 5.74) is 4.16. The van der Waals surface area contributed by atoms with E-state index in [1.807, 2.05) is 30.3 Å². The summed E-state index contributed by atoms with van der Waals surface area (Å²) in [6.07, 6.45) is 6.89. The van der Waals surface area contributed by atoms with Crippen molar-refractivity contribution in [3.05, 3.63) is 66.5 Å². The van der Waals surface area contributed by atoms with Crippen molar-refractivity contribution in [1.82, 2.24) is 24.5 Å². The number of aromatic nitrogens is 5. The molecule has 6 nitrogen and oxygen atoms in total. The van der Waals surface area contributed by atoms with Crippen LogP contribution in [0, 0.1) is 13.8 Å². The second-order valence-corrected chi connectivity index (χ2v) is 5.51. The van der Waals surface area contributed by atoms with Gasteiger partial charge in [-0.25, -0.2) is 15.0 Å². The van der Waals surface area contributed by atoms with E-state index >= 15 is 0 Å². The Hall–Kier alpha value is -3.28. The first-order valence-corrected chi connectivity index (χ1v) is 7.67. The molecule has 0 aliphatic heterocycles. The largest absolute Gasteiger partial charge is 0.324 e. The van der Waals surface area contributed by atoms with Crippen LogP contribution in [0.2, 0.25) is 0 Å². The van der Waals surface area contributed by atoms with Gasteiger partial charge in [0.05, 0.1) is 11.1 Å². The summed E-state index contributed by atoms with van der Waals surface area (Å²) in [4.78, 5) is 17.3. The van der Waals surface area contributed by atoms with E-state index in [0.29, 0.717) is 0 Å². The molecule has 0 bridgehead atoms. The molecule has 118 valence electrons. The first-order valence-electron chi connectivity index (χ1n) is 7.67. The van der Waals surface area contributed by atoms with Gasteiger partial charge in [0.1, 0.15) is 18.0 Å². The predicted octanol–water partition coefficient (Wildman–Crippen LogP) is 3.57. The fourth-order valence-electron chi connectivity index (χ4n) is 2.86. The third kappa shape index (κ3) is 2.28. The fraction of sp³-hybridized carbons (Fsp3) is 0.111. The number of aryl methyl sites for hydroxylation is 1. The van der Waals surface area contributed by atoms with Gasteiger partial charge in [-0.15, -0.1) is 0 Å². The van der Waals surface area contributed by atoms with E-state index in [4.69, 9.17) is 0 Å². The second kappa shape index (κ2) is 5.73. The number of fused-ring (bicyclic) bond motifs is 1. The molecule has 4 aromatic heterocycles. The monoisotopic (exact) mass is 316 g/mol. The highest BCUT2D eigenvalue weighted by atomic mass is 15.1. The molecule has 0 saturated carbocycles. The van der Waals surface area contributed by atoms with Gasteiger partial charge in [-0.2, -0.15) is 0 Å². The molecule has 1 N–H and O–H groups in total. The lowest BCUT2D eigenvalue weighted by Crippen LogP contribution is -2.00. The lowest BCUT2D eigenvalue weighted by Gasteiger charge is -2.08. The lowest BCUT2D eigenvalue weighted by atomic mass is 10.2. The van der Waals surface area contributed by atoms with Crippen LogP contribution in [0.4, 0.5) is 11.6 Å². The summed E-state index contributed by atoms with van der Waals surface area (Å²) in [7, 11) is 0. The van der Waals surface area contributed by atoms with Gasteiger partial charge in [0.25, 0.3) is 0 Å². The maximum absolute atomic E-state index is 4.51. The average molecular weight is 316 g/mol. The van der Waals surface area contributed by atoms with Crippen LogP contribution in [0.1, 0.15) is 11.3 Å². The van der Waals surface area contributed by atoms with E-state index in [1.54, 1.807) is 24.9 Å². The number of pyridine rings is 2. The van der Waals surface area contributed by atoms with Crippen LogP contribution in [0.5, 0.6) is 0 Å². The van der Waals surface area contributed by atoms with Crippen molar-refractivity contribution in [3.63, 3.8) is 0 Å². The Morgan fingerprint density at radius 1 is 0.917 bits per heavy atom. The Morgan fingerprint density at radius 2 is 1.75 bits per heavy atom. The SMILES string of the molecule is Cc1c(C)n(-c2ccncc2)c2ncnc(Nc3ccccn3)c12. The molecule has 0 spiro atoms. The van der Waals surface area contributed by atoms with Crippen LogP contribution < -0.4 is 5.32 Å². The predicted molar refractivity (Wildman–Crippen MR) is 93.7 cm³/mol. The van der Waals surface area contributed by atoms with Gasteiger partial charge in [-0.3, -0.25) is 9.55 Å². The molecule has 0 radical (unpaired) electrons. The second-order valence-electron chi connectivity index (χ2n) is 5.51. The van der Waals surface area contributed by atoms with Gasteiger partial charge in [-0.05, 0) is 43.7 Å². The van der Waals surface area contributed by atoms with Crippen molar-refractivity contribution in [2.45, 2.75) is 13.8 Å². The fourth-order valence-corrected chi connectivity index (χ4v) is 2.86. The summed E-state index contributed by atoms with van der Waals surface area (Å²) in [6, 6.07) is 9.68. The van der Waals surface area contributed by atoms with E-state index in [1.165, 1.54) is 0 Å². The molecule has 0 amide bonds. The molecule has 24 heavy (non-hydrogen) atoms. The van der Waals surface area contributed by atoms with Crippen molar-refractivity contribution in [1.29, 1.82) is 0 Å². The van der Waals surface area contributed by atoms with Gasteiger partial charge in [0.15, 0.2) is 5.65 Å². The summed E-state index contributed by atoms with van der Waals surface area (Å²) >= 11 is 0. The normalized spacial score (nSPS) is 10.9. The maximum Gasteiger partial charge on any atom is 0.150 e. The highest BCUT2D eigenvalue weighted by Crippen LogP contribution is 2.31. The van der Waals surface area contributed by atoms with Crippen LogP contribution in [0.3, 0.4) is 0 Å². The lowest BCUT2D eigenvalue weighted by molar-refractivity contribution is 1.01. The molecule has 0 unspecified atom stereocenters. The minimum Gasteiger partial charge on any atom is -0.324 e. The number of hydrogen-bond acceptors (Lipinski definition) is 5. The molecule has 4 heterocycles. The van der Waals surface area contributed by atoms with Crippen LogP contribution in [0.15, 0.2) is 55.2 Å². The number of anilines is 2. The molecule has 0 fully saturated rings. The summed E-state index contributed by atoms with van der Waals surface area (Å²) in [5, 5.41) is 4.29. The van der Waals surface area contributed by atoms with E-state index in [2.05, 4.69) is 43.7 Å². The van der Waals surface area contributed by atoms with Crippen molar-refractivity contribution in [2.75, 3.05) is 5.32 Å². The molecule has 0 aliphatic carbocycles. The van der Waals surface area contributed by atoms with E-state index < -0.39 is 0 Å². The van der Waals surface area contributed by atoms with E-state index in [0.717, 1.165) is 39.6 Å².